The summed E-state index contributed by atoms with van der Waals surface area (Å²) < 4.78 is 13.9. The summed E-state index contributed by atoms with van der Waals surface area (Å²) in [5, 5.41) is 0. The maximum atomic E-state index is 13.4. The fourth-order valence-electron chi connectivity index (χ4n) is 3.88. The molecule has 0 aliphatic carbocycles. The molecule has 0 spiro atoms. The van der Waals surface area contributed by atoms with Crippen LogP contribution in [0.3, 0.4) is 0 Å². The average Bonchev–Trinajstić information content (AvgIpc) is 2.89. The maximum absolute atomic E-state index is 13.4. The zero-order chi connectivity index (χ0) is 25.8. The SMILES string of the molecule is Cc1cccc(-n2c(=O)[nH]c(=O)n(-c3ccc(Oc4ccccc4)c(OCc4ccccc4)c3)c2=O)c1. The molecule has 37 heavy (non-hydrogen) atoms. The number of aryl methyl sites for hydroxylation is 1. The van der Waals surface area contributed by atoms with Gasteiger partial charge < -0.3 is 9.47 Å². The summed E-state index contributed by atoms with van der Waals surface area (Å²) in [5.74, 6) is 1.33. The molecule has 0 saturated carbocycles. The van der Waals surface area contributed by atoms with E-state index < -0.39 is 17.1 Å². The quantitative estimate of drug-likeness (QED) is 0.364. The first-order valence-electron chi connectivity index (χ1n) is 11.6. The lowest BCUT2D eigenvalue weighted by Crippen LogP contribution is -2.48. The highest BCUT2D eigenvalue weighted by atomic mass is 16.5. The van der Waals surface area contributed by atoms with Crippen LogP contribution in [0.2, 0.25) is 0 Å². The Labute approximate surface area is 211 Å². The van der Waals surface area contributed by atoms with E-state index in [9.17, 15) is 14.4 Å². The second-order valence-electron chi connectivity index (χ2n) is 8.35. The molecular formula is C29H23N3O5. The number of hydrogen-bond donors (Lipinski definition) is 1. The zero-order valence-electron chi connectivity index (χ0n) is 20.0. The van der Waals surface area contributed by atoms with Gasteiger partial charge in [-0.2, -0.15) is 0 Å². The van der Waals surface area contributed by atoms with Crippen molar-refractivity contribution in [3.8, 4) is 28.6 Å². The Morgan fingerprint density at radius 3 is 2.00 bits per heavy atom. The van der Waals surface area contributed by atoms with Gasteiger partial charge in [-0.25, -0.2) is 23.5 Å². The summed E-state index contributed by atoms with van der Waals surface area (Å²) in [7, 11) is 0. The largest absolute Gasteiger partial charge is 0.485 e. The van der Waals surface area contributed by atoms with Crippen molar-refractivity contribution in [2.45, 2.75) is 13.5 Å². The van der Waals surface area contributed by atoms with Crippen LogP contribution < -0.4 is 26.5 Å². The molecule has 5 rings (SSSR count). The summed E-state index contributed by atoms with van der Waals surface area (Å²) >= 11 is 0. The zero-order valence-corrected chi connectivity index (χ0v) is 20.0. The van der Waals surface area contributed by atoms with Crippen molar-refractivity contribution in [2.24, 2.45) is 0 Å². The van der Waals surface area contributed by atoms with Crippen LogP contribution in [0.5, 0.6) is 17.2 Å². The van der Waals surface area contributed by atoms with Crippen LogP contribution in [0.15, 0.2) is 118 Å². The van der Waals surface area contributed by atoms with Gasteiger partial charge in [0.05, 0.1) is 11.4 Å². The highest BCUT2D eigenvalue weighted by Gasteiger charge is 2.16. The van der Waals surface area contributed by atoms with Gasteiger partial charge in [-0.15, -0.1) is 0 Å². The van der Waals surface area contributed by atoms with Crippen LogP contribution in [0.4, 0.5) is 0 Å². The summed E-state index contributed by atoms with van der Waals surface area (Å²) in [6.45, 7) is 2.09. The lowest BCUT2D eigenvalue weighted by Gasteiger charge is -2.15. The molecule has 0 fully saturated rings. The summed E-state index contributed by atoms with van der Waals surface area (Å²) in [6, 6.07) is 30.4. The molecule has 4 aromatic carbocycles. The van der Waals surface area contributed by atoms with E-state index in [2.05, 4.69) is 4.98 Å². The van der Waals surface area contributed by atoms with Gasteiger partial charge in [0, 0.05) is 6.07 Å². The molecule has 0 atom stereocenters. The van der Waals surface area contributed by atoms with Crippen molar-refractivity contribution < 1.29 is 9.47 Å². The van der Waals surface area contributed by atoms with Crippen LogP contribution in [-0.4, -0.2) is 14.1 Å². The first-order valence-corrected chi connectivity index (χ1v) is 11.6. The van der Waals surface area contributed by atoms with E-state index in [4.69, 9.17) is 9.47 Å². The number of para-hydroxylation sites is 1. The fourth-order valence-corrected chi connectivity index (χ4v) is 3.88. The van der Waals surface area contributed by atoms with Gasteiger partial charge in [0.1, 0.15) is 12.4 Å². The van der Waals surface area contributed by atoms with Crippen molar-refractivity contribution in [1.82, 2.24) is 14.1 Å². The predicted octanol–water partition coefficient (Wildman–Crippen LogP) is 4.36. The van der Waals surface area contributed by atoms with E-state index >= 15 is 0 Å². The van der Waals surface area contributed by atoms with E-state index in [1.54, 1.807) is 36.4 Å². The van der Waals surface area contributed by atoms with E-state index in [-0.39, 0.29) is 12.3 Å². The Bertz CT molecular complexity index is 1720. The molecule has 0 aliphatic rings. The van der Waals surface area contributed by atoms with Crippen LogP contribution in [0.25, 0.3) is 11.4 Å². The Balaban J connectivity index is 1.61. The summed E-state index contributed by atoms with van der Waals surface area (Å²) in [6.07, 6.45) is 0. The number of nitrogens with one attached hydrogen (secondary N) is 1. The molecule has 5 aromatic rings. The Morgan fingerprint density at radius 1 is 0.676 bits per heavy atom. The predicted molar refractivity (Wildman–Crippen MR) is 140 cm³/mol. The molecule has 0 amide bonds. The van der Waals surface area contributed by atoms with E-state index in [0.29, 0.717) is 22.9 Å². The van der Waals surface area contributed by atoms with Gasteiger partial charge >= 0.3 is 17.1 Å². The molecule has 0 saturated heterocycles. The van der Waals surface area contributed by atoms with Crippen LogP contribution >= 0.6 is 0 Å². The molecule has 1 heterocycles. The first-order chi connectivity index (χ1) is 18.0. The van der Waals surface area contributed by atoms with E-state index in [0.717, 1.165) is 20.3 Å². The molecule has 0 radical (unpaired) electrons. The number of nitrogens with zero attached hydrogens (tertiary/aromatic N) is 2. The number of benzene rings is 4. The van der Waals surface area contributed by atoms with Crippen molar-refractivity contribution in [1.29, 1.82) is 0 Å². The molecule has 8 heteroatoms. The van der Waals surface area contributed by atoms with Gasteiger partial charge in [0.15, 0.2) is 11.5 Å². The standard InChI is InChI=1S/C29H23N3O5/c1-20-9-8-12-22(17-20)31-27(33)30-28(34)32(29(31)35)23-15-16-25(37-24-13-6-3-7-14-24)26(18-23)36-19-21-10-4-2-5-11-21/h2-18H,19H2,1H3,(H,30,33,34). The summed E-state index contributed by atoms with van der Waals surface area (Å²) in [5.41, 5.74) is -0.112. The number of hydrogen-bond acceptors (Lipinski definition) is 5. The average molecular weight is 494 g/mol. The monoisotopic (exact) mass is 493 g/mol. The third-order valence-electron chi connectivity index (χ3n) is 5.66. The second-order valence-corrected chi connectivity index (χ2v) is 8.35. The fraction of sp³-hybridized carbons (Fsp3) is 0.0690. The van der Waals surface area contributed by atoms with Crippen LogP contribution in [0.1, 0.15) is 11.1 Å². The molecule has 0 bridgehead atoms. The molecule has 184 valence electrons. The summed E-state index contributed by atoms with van der Waals surface area (Å²) in [4.78, 5) is 41.1. The molecule has 1 N–H and O–H groups in total. The van der Waals surface area contributed by atoms with Gasteiger partial charge in [0.25, 0.3) is 0 Å². The number of H-pyrrole nitrogens is 1. The Kier molecular flexibility index (Phi) is 6.54. The Hall–Kier alpha value is -5.11. The van der Waals surface area contributed by atoms with Crippen LogP contribution in [-0.2, 0) is 6.61 Å². The lowest BCUT2D eigenvalue weighted by atomic mass is 10.2. The van der Waals surface area contributed by atoms with Crippen LogP contribution in [0, 0.1) is 6.92 Å². The highest BCUT2D eigenvalue weighted by molar-refractivity contribution is 5.50. The van der Waals surface area contributed by atoms with Gasteiger partial charge in [-0.05, 0) is 54.4 Å². The van der Waals surface area contributed by atoms with E-state index in [1.807, 2.05) is 73.7 Å². The van der Waals surface area contributed by atoms with Crippen molar-refractivity contribution in [3.05, 3.63) is 146 Å². The molecule has 8 nitrogen and oxygen atoms in total. The first kappa shape index (κ1) is 23.6. The topological polar surface area (TPSA) is 95.3 Å². The number of aromatic nitrogens is 3. The van der Waals surface area contributed by atoms with E-state index in [1.165, 1.54) is 0 Å². The third kappa shape index (κ3) is 5.13. The third-order valence-corrected chi connectivity index (χ3v) is 5.66. The molecule has 1 aromatic heterocycles. The maximum Gasteiger partial charge on any atom is 0.345 e. The van der Waals surface area contributed by atoms with Gasteiger partial charge in [-0.1, -0.05) is 60.7 Å². The minimum Gasteiger partial charge on any atom is -0.485 e. The smallest absolute Gasteiger partial charge is 0.345 e. The highest BCUT2D eigenvalue weighted by Crippen LogP contribution is 2.33. The number of rotatable bonds is 7. The van der Waals surface area contributed by atoms with Crippen molar-refractivity contribution in [3.63, 3.8) is 0 Å². The second kappa shape index (κ2) is 10.2. The van der Waals surface area contributed by atoms with Crippen molar-refractivity contribution in [2.75, 3.05) is 0 Å². The number of ether oxygens (including phenoxy) is 2. The van der Waals surface area contributed by atoms with Crippen molar-refractivity contribution >= 4 is 0 Å². The number of aromatic amines is 1. The van der Waals surface area contributed by atoms with Gasteiger partial charge in [-0.3, -0.25) is 4.98 Å². The molecule has 0 aliphatic heterocycles. The lowest BCUT2D eigenvalue weighted by molar-refractivity contribution is 0.291. The minimum absolute atomic E-state index is 0.219. The molecule has 0 unspecified atom stereocenters. The van der Waals surface area contributed by atoms with Gasteiger partial charge in [0.2, 0.25) is 0 Å². The Morgan fingerprint density at radius 2 is 1.32 bits per heavy atom. The normalized spacial score (nSPS) is 10.7. The minimum atomic E-state index is -0.857. The molecular weight excluding hydrogens is 470 g/mol.